The first-order valence-electron chi connectivity index (χ1n) is 26.0. The van der Waals surface area contributed by atoms with E-state index < -0.39 is 12.1 Å². The normalized spacial score (nSPS) is 12.7. The van der Waals surface area contributed by atoms with Crippen molar-refractivity contribution in [3.8, 4) is 0 Å². The first-order valence-corrected chi connectivity index (χ1v) is 26.0. The molecule has 1 amide bonds. The second-order valence-corrected chi connectivity index (χ2v) is 17.9. The van der Waals surface area contributed by atoms with Crippen LogP contribution in [0.5, 0.6) is 0 Å². The van der Waals surface area contributed by atoms with Crippen molar-refractivity contribution in [2.75, 3.05) is 13.2 Å². The fraction of sp³-hybridized carbons (Fsp3) is 0.923. The highest BCUT2D eigenvalue weighted by atomic mass is 16.5. The van der Waals surface area contributed by atoms with Crippen LogP contribution in [0.2, 0.25) is 0 Å². The average molecular weight is 820 g/mol. The molecule has 0 aliphatic carbocycles. The maximum atomic E-state index is 12.4. The number of esters is 1. The number of unbranched alkanes of at least 4 members (excludes halogenated alkanes) is 37. The lowest BCUT2D eigenvalue weighted by Gasteiger charge is -2.20. The van der Waals surface area contributed by atoms with E-state index in [0.29, 0.717) is 19.4 Å². The molecule has 0 spiro atoms. The van der Waals surface area contributed by atoms with Crippen LogP contribution in [0.1, 0.15) is 284 Å². The minimum atomic E-state index is -0.851. The van der Waals surface area contributed by atoms with Gasteiger partial charge in [0.25, 0.3) is 0 Å². The number of hydrogen-bond donors (Lipinski definition) is 3. The first kappa shape index (κ1) is 56.6. The Bertz CT molecular complexity index is 863. The molecule has 3 N–H and O–H groups in total. The molecule has 2 unspecified atom stereocenters. The molecule has 0 aromatic rings. The number of allylic oxidation sites excluding steroid dienone is 1. The summed E-state index contributed by atoms with van der Waals surface area (Å²) in [6, 6.07) is -0.636. The van der Waals surface area contributed by atoms with Gasteiger partial charge >= 0.3 is 5.97 Å². The topological polar surface area (TPSA) is 95.9 Å². The molecule has 6 heteroatoms. The molecule has 0 bridgehead atoms. The molecule has 0 saturated carbocycles. The van der Waals surface area contributed by atoms with Gasteiger partial charge in [0, 0.05) is 12.8 Å². The van der Waals surface area contributed by atoms with E-state index in [-0.39, 0.29) is 18.5 Å². The Morgan fingerprint density at radius 1 is 0.466 bits per heavy atom. The third-order valence-electron chi connectivity index (χ3n) is 12.1. The van der Waals surface area contributed by atoms with Gasteiger partial charge in [-0.05, 0) is 32.1 Å². The lowest BCUT2D eigenvalue weighted by Crippen LogP contribution is -2.45. The van der Waals surface area contributed by atoms with Crippen LogP contribution in [0.3, 0.4) is 0 Å². The molecule has 58 heavy (non-hydrogen) atoms. The molecule has 0 aromatic heterocycles. The second kappa shape index (κ2) is 48.3. The molecule has 344 valence electrons. The van der Waals surface area contributed by atoms with E-state index >= 15 is 0 Å². The first-order chi connectivity index (χ1) is 28.5. The molecule has 0 saturated heterocycles. The summed E-state index contributed by atoms with van der Waals surface area (Å²) in [5.41, 5.74) is 0. The zero-order valence-electron chi connectivity index (χ0n) is 39.0. The maximum absolute atomic E-state index is 12.4. The number of carbonyl (C=O) groups is 2. The highest BCUT2D eigenvalue weighted by molar-refractivity contribution is 5.76. The molecule has 0 heterocycles. The van der Waals surface area contributed by atoms with Crippen molar-refractivity contribution < 1.29 is 24.5 Å². The summed E-state index contributed by atoms with van der Waals surface area (Å²) in [4.78, 5) is 24.4. The van der Waals surface area contributed by atoms with Gasteiger partial charge in [-0.15, -0.1) is 0 Å². The summed E-state index contributed by atoms with van der Waals surface area (Å²) in [6.07, 6.45) is 54.9. The Morgan fingerprint density at radius 3 is 1.17 bits per heavy atom. The maximum Gasteiger partial charge on any atom is 0.305 e. The summed E-state index contributed by atoms with van der Waals surface area (Å²) in [6.45, 7) is 4.88. The molecule has 0 radical (unpaired) electrons. The predicted molar refractivity (Wildman–Crippen MR) is 250 cm³/mol. The highest BCUT2D eigenvalue weighted by Crippen LogP contribution is 2.16. The predicted octanol–water partition coefficient (Wildman–Crippen LogP) is 15.3. The number of hydrogen-bond acceptors (Lipinski definition) is 5. The molecule has 0 aliphatic heterocycles. The zero-order valence-corrected chi connectivity index (χ0v) is 39.0. The molecule has 0 rings (SSSR count). The van der Waals surface area contributed by atoms with E-state index in [1.807, 2.05) is 6.08 Å². The Hall–Kier alpha value is -1.40. The van der Waals surface area contributed by atoms with E-state index in [1.165, 1.54) is 199 Å². The van der Waals surface area contributed by atoms with Crippen molar-refractivity contribution in [2.24, 2.45) is 0 Å². The van der Waals surface area contributed by atoms with Crippen LogP contribution in [0.4, 0.5) is 0 Å². The lowest BCUT2D eigenvalue weighted by atomic mass is 10.0. The minimum Gasteiger partial charge on any atom is -0.466 e. The van der Waals surface area contributed by atoms with Gasteiger partial charge in [0.05, 0.1) is 25.4 Å². The number of carbonyl (C=O) groups excluding carboxylic acids is 2. The quantitative estimate of drug-likeness (QED) is 0.0323. The number of nitrogens with one attached hydrogen (secondary N) is 1. The summed E-state index contributed by atoms with van der Waals surface area (Å²) in [5, 5.41) is 23.1. The molecule has 6 nitrogen and oxygen atoms in total. The second-order valence-electron chi connectivity index (χ2n) is 17.9. The third kappa shape index (κ3) is 44.2. The summed E-state index contributed by atoms with van der Waals surface area (Å²) >= 11 is 0. The standard InChI is InChI=1S/C52H101NO5/c1-3-5-7-9-11-13-15-17-18-21-24-28-32-36-40-44-50(55)49(48-54)53-51(56)45-41-37-33-29-25-22-19-23-27-31-35-39-43-47-58-52(57)46-42-38-34-30-26-20-16-14-12-10-8-6-4-2/h40,44,49-50,54-55H,3-39,41-43,45-48H2,1-2H3,(H,53,56)/b44-40+. The molecule has 2 atom stereocenters. The van der Waals surface area contributed by atoms with Crippen molar-refractivity contribution >= 4 is 11.9 Å². The fourth-order valence-electron chi connectivity index (χ4n) is 8.05. The van der Waals surface area contributed by atoms with E-state index in [9.17, 15) is 19.8 Å². The molecular formula is C52H101NO5. The lowest BCUT2D eigenvalue weighted by molar-refractivity contribution is -0.143. The van der Waals surface area contributed by atoms with Crippen LogP contribution in [0, 0.1) is 0 Å². The number of amides is 1. The van der Waals surface area contributed by atoms with Gasteiger partial charge in [-0.25, -0.2) is 0 Å². The van der Waals surface area contributed by atoms with Crippen molar-refractivity contribution in [1.29, 1.82) is 0 Å². The van der Waals surface area contributed by atoms with E-state index in [2.05, 4.69) is 19.2 Å². The van der Waals surface area contributed by atoms with Crippen LogP contribution in [0.25, 0.3) is 0 Å². The number of rotatable bonds is 48. The van der Waals surface area contributed by atoms with E-state index in [1.54, 1.807) is 6.08 Å². The van der Waals surface area contributed by atoms with Crippen molar-refractivity contribution in [1.82, 2.24) is 5.32 Å². The van der Waals surface area contributed by atoms with Gasteiger partial charge in [0.2, 0.25) is 5.91 Å². The summed E-state index contributed by atoms with van der Waals surface area (Å²) in [7, 11) is 0. The Morgan fingerprint density at radius 2 is 0.793 bits per heavy atom. The monoisotopic (exact) mass is 820 g/mol. The Balaban J connectivity index is 3.48. The van der Waals surface area contributed by atoms with Crippen LogP contribution >= 0.6 is 0 Å². The summed E-state index contributed by atoms with van der Waals surface area (Å²) in [5.74, 6) is -0.0846. The van der Waals surface area contributed by atoms with Gasteiger partial charge in [-0.1, -0.05) is 251 Å². The number of ether oxygens (including phenoxy) is 1. The van der Waals surface area contributed by atoms with Gasteiger partial charge in [-0.3, -0.25) is 9.59 Å². The van der Waals surface area contributed by atoms with Crippen LogP contribution < -0.4 is 5.32 Å². The van der Waals surface area contributed by atoms with Crippen LogP contribution in [-0.4, -0.2) is 47.4 Å². The zero-order chi connectivity index (χ0) is 42.3. The van der Waals surface area contributed by atoms with E-state index in [4.69, 9.17) is 4.74 Å². The largest absolute Gasteiger partial charge is 0.466 e. The SMILES string of the molecule is CCCCCCCCCCCCCCC/C=C/C(O)C(CO)NC(=O)CCCCCCCCCCCCCCCOC(=O)CCCCCCCCCCCCCCC. The fourth-order valence-corrected chi connectivity index (χ4v) is 8.05. The highest BCUT2D eigenvalue weighted by Gasteiger charge is 2.18. The van der Waals surface area contributed by atoms with Gasteiger partial charge in [0.15, 0.2) is 0 Å². The van der Waals surface area contributed by atoms with Crippen molar-refractivity contribution in [2.45, 2.75) is 296 Å². The molecule has 0 fully saturated rings. The Kier molecular flexibility index (Phi) is 47.1. The average Bonchev–Trinajstić information content (AvgIpc) is 3.22. The molecule has 0 aliphatic rings. The van der Waals surface area contributed by atoms with Gasteiger partial charge < -0.3 is 20.3 Å². The van der Waals surface area contributed by atoms with Gasteiger partial charge in [0.1, 0.15) is 0 Å². The number of aliphatic hydroxyl groups excluding tert-OH is 2. The third-order valence-corrected chi connectivity index (χ3v) is 12.1. The summed E-state index contributed by atoms with van der Waals surface area (Å²) < 4.78 is 5.46. The van der Waals surface area contributed by atoms with E-state index in [0.717, 1.165) is 57.8 Å². The Labute approximate surface area is 361 Å². The number of aliphatic hydroxyl groups is 2. The van der Waals surface area contributed by atoms with Crippen LogP contribution in [-0.2, 0) is 14.3 Å². The van der Waals surface area contributed by atoms with Gasteiger partial charge in [-0.2, -0.15) is 0 Å². The van der Waals surface area contributed by atoms with Crippen molar-refractivity contribution in [3.05, 3.63) is 12.2 Å². The molecular weight excluding hydrogens is 719 g/mol. The van der Waals surface area contributed by atoms with Crippen molar-refractivity contribution in [3.63, 3.8) is 0 Å². The smallest absolute Gasteiger partial charge is 0.305 e. The minimum absolute atomic E-state index is 0.00519. The van der Waals surface area contributed by atoms with Crippen LogP contribution in [0.15, 0.2) is 12.2 Å². The molecule has 0 aromatic carbocycles.